The number of nitrogens with one attached hydrogen (secondary N) is 1. The molecule has 14 heteroatoms. The highest BCUT2D eigenvalue weighted by atomic mass is 35.5. The third kappa shape index (κ3) is 6.20. The Balaban J connectivity index is 1.30. The van der Waals surface area contributed by atoms with Crippen LogP contribution in [0.4, 0.5) is 9.18 Å². The summed E-state index contributed by atoms with van der Waals surface area (Å²) in [6.07, 6.45) is 3.66. The van der Waals surface area contributed by atoms with E-state index >= 15 is 4.39 Å². The van der Waals surface area contributed by atoms with E-state index in [4.69, 9.17) is 37.7 Å². The molecule has 5 aliphatic rings. The quantitative estimate of drug-likeness (QED) is 0.143. The number of amides is 1. The van der Waals surface area contributed by atoms with Gasteiger partial charge in [-0.1, -0.05) is 41.4 Å². The maximum Gasteiger partial charge on any atom is 0.407 e. The predicted octanol–water partition coefficient (Wildman–Crippen LogP) is 8.42. The molecule has 0 spiro atoms. The Morgan fingerprint density at radius 2 is 2.04 bits per heavy atom. The first-order valence-corrected chi connectivity index (χ1v) is 20.1. The SMILES string of the molecule is C[C@H](Oc1nc2c(F)c(-c3cccc(Cl)c3Cl)c(CCC#N)cc2c2c1cc([C@H]1C[C@H](Oc3ccccn3)CN1C(=O)O)n2[C@H]1[C@H]2CN[C@@H]1C2)[C@@H]1CCCN1C. The Morgan fingerprint density at radius 3 is 2.73 bits per heavy atom. The van der Waals surface area contributed by atoms with Crippen LogP contribution in [0.2, 0.25) is 10.0 Å². The lowest BCUT2D eigenvalue weighted by atomic mass is 9.79. The Hall–Kier alpha value is -4.67. The van der Waals surface area contributed by atoms with Crippen molar-refractivity contribution in [1.29, 1.82) is 5.26 Å². The number of nitrogens with zero attached hydrogens (tertiary/aromatic N) is 6. The van der Waals surface area contributed by atoms with E-state index < -0.39 is 24.1 Å². The maximum atomic E-state index is 17.7. The number of hydrogen-bond donors (Lipinski definition) is 2. The van der Waals surface area contributed by atoms with Crippen molar-refractivity contribution in [3.63, 3.8) is 0 Å². The standard InChI is InChI=1S/C42H42Cl2FN7O4/c1-22(31-11-7-15-50(31)2)55-41-28-19-33(32-18-25(21-51(32)42(53)54)56-34-12-3-4-14-47-34)52(39-24-17-30(39)48-20-24)40(28)27-16-23(8-6-13-46)35(37(45)38(27)49-41)26-9-5-10-29(43)36(26)44/h3-5,9-10,12,14,16,19,22,24-25,30-32,39,48H,6-8,11,15,17-18,20-21H2,1-2H3,(H,53,54)/t22-,24+,25-,30+,31-,32+,39-/m0/s1. The molecule has 5 fully saturated rings. The molecule has 1 amide bonds. The number of fused-ring (bicyclic) bond motifs is 4. The summed E-state index contributed by atoms with van der Waals surface area (Å²) in [6.45, 7) is 3.95. The largest absolute Gasteiger partial charge is 0.472 e. The molecule has 7 atom stereocenters. The first-order valence-electron chi connectivity index (χ1n) is 19.3. The zero-order valence-electron chi connectivity index (χ0n) is 31.1. The van der Waals surface area contributed by atoms with E-state index in [1.54, 1.807) is 36.5 Å². The number of carbonyl (C=O) groups is 1. The van der Waals surface area contributed by atoms with E-state index in [1.807, 2.05) is 25.1 Å². The molecule has 0 radical (unpaired) electrons. The zero-order valence-corrected chi connectivity index (χ0v) is 32.6. The molecule has 56 heavy (non-hydrogen) atoms. The minimum Gasteiger partial charge on any atom is -0.472 e. The molecule has 4 saturated heterocycles. The third-order valence-corrected chi connectivity index (χ3v) is 13.2. The fourth-order valence-corrected chi connectivity index (χ4v) is 10.2. The minimum absolute atomic E-state index is 0.0154. The Labute approximate surface area is 333 Å². The second-order valence-corrected chi connectivity index (χ2v) is 16.4. The minimum atomic E-state index is -1.06. The van der Waals surface area contributed by atoms with Gasteiger partial charge in [-0.05, 0) is 81.9 Å². The van der Waals surface area contributed by atoms with Crippen LogP contribution in [0.15, 0.2) is 54.7 Å². The molecule has 3 aromatic heterocycles. The summed E-state index contributed by atoms with van der Waals surface area (Å²) in [6, 6.07) is 16.4. The highest BCUT2D eigenvalue weighted by molar-refractivity contribution is 6.43. The molecule has 2 aromatic carbocycles. The first kappa shape index (κ1) is 36.9. The summed E-state index contributed by atoms with van der Waals surface area (Å²) in [7, 11) is 2.09. The van der Waals surface area contributed by atoms with Gasteiger partial charge in [-0.2, -0.15) is 5.26 Å². The van der Waals surface area contributed by atoms with E-state index in [0.29, 0.717) is 40.1 Å². The Morgan fingerprint density at radius 1 is 1.18 bits per heavy atom. The van der Waals surface area contributed by atoms with Crippen molar-refractivity contribution in [2.45, 2.75) is 81.8 Å². The van der Waals surface area contributed by atoms with Crippen LogP contribution in [0.1, 0.15) is 62.4 Å². The fraction of sp³-hybridized carbons (Fsp3) is 0.429. The second kappa shape index (κ2) is 14.7. The predicted molar refractivity (Wildman–Crippen MR) is 212 cm³/mol. The number of likely N-dealkylation sites (N-methyl/N-ethyl adjacent to an activating group) is 1. The number of rotatable bonds is 10. The number of aromatic nitrogens is 3. The van der Waals surface area contributed by atoms with Gasteiger partial charge in [0.25, 0.3) is 0 Å². The molecular formula is C42H42Cl2FN7O4. The van der Waals surface area contributed by atoms with Crippen LogP contribution in [-0.4, -0.2) is 86.5 Å². The molecule has 11 nitrogen and oxygen atoms in total. The molecule has 5 aromatic rings. The van der Waals surface area contributed by atoms with Crippen LogP contribution in [0, 0.1) is 23.1 Å². The molecule has 290 valence electrons. The maximum absolute atomic E-state index is 17.7. The Bertz CT molecular complexity index is 2370. The van der Waals surface area contributed by atoms with Crippen molar-refractivity contribution < 1.29 is 23.8 Å². The second-order valence-electron chi connectivity index (χ2n) is 15.6. The summed E-state index contributed by atoms with van der Waals surface area (Å²) in [5.41, 5.74) is 2.87. The summed E-state index contributed by atoms with van der Waals surface area (Å²) in [5.74, 6) is 0.421. The molecule has 7 heterocycles. The number of benzene rings is 2. The van der Waals surface area contributed by atoms with Crippen LogP contribution in [0.5, 0.6) is 11.8 Å². The highest BCUT2D eigenvalue weighted by Crippen LogP contribution is 2.52. The number of ether oxygens (including phenoxy) is 2. The molecule has 10 rings (SSSR count). The van der Waals surface area contributed by atoms with Gasteiger partial charge >= 0.3 is 6.09 Å². The molecule has 0 unspecified atom stereocenters. The number of aryl methyl sites for hydroxylation is 1. The van der Waals surface area contributed by atoms with Crippen molar-refractivity contribution >= 4 is 51.1 Å². The topological polar surface area (TPSA) is 129 Å². The van der Waals surface area contributed by atoms with Crippen LogP contribution in [0.3, 0.4) is 0 Å². The summed E-state index contributed by atoms with van der Waals surface area (Å²) in [5, 5.41) is 25.7. The monoisotopic (exact) mass is 797 g/mol. The van der Waals surface area contributed by atoms with Crippen LogP contribution >= 0.6 is 23.2 Å². The molecule has 2 bridgehead atoms. The van der Waals surface area contributed by atoms with Gasteiger partial charge in [0.2, 0.25) is 11.8 Å². The summed E-state index contributed by atoms with van der Waals surface area (Å²) in [4.78, 5) is 26.1. The molecular weight excluding hydrogens is 756 g/mol. The lowest BCUT2D eigenvalue weighted by molar-refractivity contribution is 0.119. The summed E-state index contributed by atoms with van der Waals surface area (Å²) >= 11 is 13.2. The number of hydrogen-bond acceptors (Lipinski definition) is 8. The molecule has 1 saturated carbocycles. The van der Waals surface area contributed by atoms with E-state index in [2.05, 4.69) is 32.9 Å². The average molecular weight is 799 g/mol. The van der Waals surface area contributed by atoms with Crippen molar-refractivity contribution in [1.82, 2.24) is 29.7 Å². The number of pyridine rings is 2. The van der Waals surface area contributed by atoms with Crippen molar-refractivity contribution in [3.05, 3.63) is 81.8 Å². The lowest BCUT2D eigenvalue weighted by Crippen LogP contribution is -2.40. The van der Waals surface area contributed by atoms with E-state index in [-0.39, 0.29) is 70.6 Å². The van der Waals surface area contributed by atoms with Gasteiger partial charge in [0, 0.05) is 65.9 Å². The van der Waals surface area contributed by atoms with Gasteiger partial charge < -0.3 is 24.5 Å². The Kier molecular flexibility index (Phi) is 9.69. The number of likely N-dealkylation sites (tertiary alicyclic amines) is 2. The van der Waals surface area contributed by atoms with Crippen LogP contribution < -0.4 is 14.8 Å². The van der Waals surface area contributed by atoms with E-state index in [0.717, 1.165) is 43.6 Å². The number of halogens is 3. The smallest absolute Gasteiger partial charge is 0.407 e. The van der Waals surface area contributed by atoms with Gasteiger partial charge in [-0.25, -0.2) is 19.2 Å². The van der Waals surface area contributed by atoms with Crippen molar-refractivity contribution in [2.75, 3.05) is 26.7 Å². The van der Waals surface area contributed by atoms with Gasteiger partial charge in [0.1, 0.15) is 17.7 Å². The van der Waals surface area contributed by atoms with E-state index in [1.165, 1.54) is 4.90 Å². The molecule has 1 aliphatic carbocycles. The fourth-order valence-electron chi connectivity index (χ4n) is 9.76. The third-order valence-electron chi connectivity index (χ3n) is 12.4. The van der Waals surface area contributed by atoms with Gasteiger partial charge in [0.05, 0.1) is 45.6 Å². The van der Waals surface area contributed by atoms with Gasteiger partial charge in [0.15, 0.2) is 5.82 Å². The molecule has 2 N–H and O–H groups in total. The van der Waals surface area contributed by atoms with Crippen molar-refractivity contribution in [3.8, 4) is 29.0 Å². The van der Waals surface area contributed by atoms with Gasteiger partial charge in [-0.15, -0.1) is 0 Å². The first-order chi connectivity index (χ1) is 27.1. The number of nitriles is 1. The highest BCUT2D eigenvalue weighted by Gasteiger charge is 2.51. The summed E-state index contributed by atoms with van der Waals surface area (Å²) < 4.78 is 33.0. The normalized spacial score (nSPS) is 25.1. The lowest BCUT2D eigenvalue weighted by Gasteiger charge is -2.39. The molecule has 4 aliphatic heterocycles. The average Bonchev–Trinajstić information content (AvgIpc) is 4.03. The number of carboxylic acid groups (broad SMARTS) is 1. The van der Waals surface area contributed by atoms with Crippen LogP contribution in [0.25, 0.3) is 32.9 Å². The zero-order chi connectivity index (χ0) is 38.8. The van der Waals surface area contributed by atoms with Crippen LogP contribution in [-0.2, 0) is 6.42 Å². The van der Waals surface area contributed by atoms with Gasteiger partial charge in [-0.3, -0.25) is 9.80 Å². The van der Waals surface area contributed by atoms with Crippen molar-refractivity contribution in [2.24, 2.45) is 5.92 Å². The van der Waals surface area contributed by atoms with E-state index in [9.17, 15) is 15.2 Å².